The Morgan fingerprint density at radius 1 is 1.03 bits per heavy atom. The summed E-state index contributed by atoms with van der Waals surface area (Å²) in [5, 5.41) is 24.7. The molecule has 1 aromatic heterocycles. The van der Waals surface area contributed by atoms with Gasteiger partial charge in [0.1, 0.15) is 11.7 Å². The van der Waals surface area contributed by atoms with Crippen LogP contribution in [0.5, 0.6) is 0 Å². The fraction of sp³-hybridized carbons (Fsp3) is 0.381. The van der Waals surface area contributed by atoms with E-state index in [1.54, 1.807) is 18.2 Å². The summed E-state index contributed by atoms with van der Waals surface area (Å²) in [5.74, 6) is -1.28. The number of aliphatic hydroxyl groups excluding tert-OH is 1. The number of aliphatic hydroxyl groups is 1. The number of aromatic nitrogens is 1. The van der Waals surface area contributed by atoms with Crippen LogP contribution < -0.4 is 10.6 Å². The van der Waals surface area contributed by atoms with Gasteiger partial charge in [0.25, 0.3) is 13.4 Å². The molecule has 1 heterocycles. The van der Waals surface area contributed by atoms with Gasteiger partial charge in [0.15, 0.2) is 0 Å². The van der Waals surface area contributed by atoms with E-state index in [1.165, 1.54) is 6.92 Å². The van der Waals surface area contributed by atoms with E-state index in [4.69, 9.17) is 0 Å². The quantitative estimate of drug-likeness (QED) is 0.473. The second kappa shape index (κ2) is 10.7. The molecule has 0 unspecified atom stereocenters. The summed E-state index contributed by atoms with van der Waals surface area (Å²) in [6.45, 7) is 5.39. The Bertz CT molecular complexity index is 815. The molecule has 29 heavy (non-hydrogen) atoms. The van der Waals surface area contributed by atoms with Crippen molar-refractivity contribution in [3.8, 4) is 11.3 Å². The Balaban J connectivity index is 2.12. The maximum absolute atomic E-state index is 12.7. The fourth-order valence-electron chi connectivity index (χ4n) is 2.99. The van der Waals surface area contributed by atoms with E-state index in [-0.39, 0.29) is 19.1 Å². The summed E-state index contributed by atoms with van der Waals surface area (Å²) in [7, 11) is -0.217. The Labute approximate surface area is 171 Å². The van der Waals surface area contributed by atoms with Crippen molar-refractivity contribution in [1.29, 1.82) is 0 Å². The molecule has 3 atom stereocenters. The minimum absolute atomic E-state index is 0.144. The molecule has 0 aliphatic carbocycles. The van der Waals surface area contributed by atoms with Gasteiger partial charge in [-0.1, -0.05) is 50.2 Å². The highest BCUT2D eigenvalue weighted by Crippen LogP contribution is 2.16. The van der Waals surface area contributed by atoms with Crippen LogP contribution in [0.4, 0.5) is 0 Å². The van der Waals surface area contributed by atoms with Crippen molar-refractivity contribution in [2.75, 3.05) is 0 Å². The minimum Gasteiger partial charge on any atom is -0.452 e. The van der Waals surface area contributed by atoms with Gasteiger partial charge < -0.3 is 20.8 Å². The third-order valence-corrected chi connectivity index (χ3v) is 4.43. The zero-order valence-electron chi connectivity index (χ0n) is 17.0. The molecule has 0 saturated heterocycles. The molecule has 2 rings (SSSR count). The van der Waals surface area contributed by atoms with Crippen molar-refractivity contribution in [3.05, 3.63) is 54.2 Å². The number of rotatable bonds is 9. The number of nitrogens with zero attached hydrogens (tertiary/aromatic N) is 1. The molecule has 0 aliphatic rings. The van der Waals surface area contributed by atoms with Gasteiger partial charge in [0, 0.05) is 11.5 Å². The number of benzene rings is 1. The van der Waals surface area contributed by atoms with Gasteiger partial charge >= 0.3 is 0 Å². The summed E-state index contributed by atoms with van der Waals surface area (Å²) in [6.07, 6.45) is -0.529. The van der Waals surface area contributed by atoms with E-state index in [9.17, 15) is 19.7 Å². The average molecular weight is 397 g/mol. The SMILES string of the molecule is CC(C)C[C@@H](BO)NC(=O)[C@@H](NC(=O)c1cccc(-c2ccccc2)n1)[C@@H](C)O. The highest BCUT2D eigenvalue weighted by molar-refractivity contribution is 6.28. The summed E-state index contributed by atoms with van der Waals surface area (Å²) in [5.41, 5.74) is 1.64. The normalized spacial score (nSPS) is 14.0. The third-order valence-electron chi connectivity index (χ3n) is 4.43. The zero-order valence-corrected chi connectivity index (χ0v) is 17.0. The molecular weight excluding hydrogens is 369 g/mol. The number of carbonyl (C=O) groups excluding carboxylic acids is 2. The molecule has 2 amide bonds. The van der Waals surface area contributed by atoms with E-state index < -0.39 is 29.9 Å². The molecule has 8 heteroatoms. The van der Waals surface area contributed by atoms with Crippen LogP contribution in [0.25, 0.3) is 11.3 Å². The molecule has 2 aromatic rings. The van der Waals surface area contributed by atoms with Crippen molar-refractivity contribution < 1.29 is 19.7 Å². The van der Waals surface area contributed by atoms with Crippen LogP contribution in [0.2, 0.25) is 0 Å². The van der Waals surface area contributed by atoms with Crippen LogP contribution in [-0.2, 0) is 4.79 Å². The van der Waals surface area contributed by atoms with Crippen LogP contribution in [0.1, 0.15) is 37.7 Å². The largest absolute Gasteiger partial charge is 0.452 e. The summed E-state index contributed by atoms with van der Waals surface area (Å²) in [4.78, 5) is 29.6. The molecular formula is C21H28BN3O4. The number of nitrogens with one attached hydrogen (secondary N) is 2. The Morgan fingerprint density at radius 3 is 2.31 bits per heavy atom. The van der Waals surface area contributed by atoms with Gasteiger partial charge in [-0.15, -0.1) is 0 Å². The molecule has 0 aliphatic heterocycles. The van der Waals surface area contributed by atoms with Crippen LogP contribution in [0.3, 0.4) is 0 Å². The van der Waals surface area contributed by atoms with Gasteiger partial charge in [-0.05, 0) is 31.4 Å². The van der Waals surface area contributed by atoms with Crippen LogP contribution in [-0.4, -0.2) is 52.5 Å². The molecule has 1 aromatic carbocycles. The van der Waals surface area contributed by atoms with Gasteiger partial charge in [-0.25, -0.2) is 4.98 Å². The molecule has 0 spiro atoms. The van der Waals surface area contributed by atoms with Gasteiger partial charge in [0.05, 0.1) is 11.8 Å². The maximum Gasteiger partial charge on any atom is 0.293 e. The lowest BCUT2D eigenvalue weighted by Gasteiger charge is -2.24. The molecule has 0 fully saturated rings. The van der Waals surface area contributed by atoms with Crippen molar-refractivity contribution >= 4 is 19.3 Å². The first-order valence-electron chi connectivity index (χ1n) is 9.74. The molecule has 0 bridgehead atoms. The molecule has 0 saturated carbocycles. The smallest absolute Gasteiger partial charge is 0.293 e. The lowest BCUT2D eigenvalue weighted by molar-refractivity contribution is -0.125. The molecule has 0 radical (unpaired) electrons. The van der Waals surface area contributed by atoms with E-state index in [0.717, 1.165) is 5.56 Å². The van der Waals surface area contributed by atoms with E-state index in [2.05, 4.69) is 15.6 Å². The molecule has 154 valence electrons. The first-order valence-corrected chi connectivity index (χ1v) is 9.74. The number of carbonyl (C=O) groups is 2. The standard InChI is InChI=1S/C21H28BN3O4/c1-13(2)12-18(22-29)24-21(28)19(14(3)26)25-20(27)17-11-7-10-16(23-17)15-8-5-4-6-9-15/h4-11,13-14,18-19,22,26,29H,12H2,1-3H3,(H,24,28)(H,25,27)/t14-,18+,19+/m1/s1. The van der Waals surface area contributed by atoms with Gasteiger partial charge in [0.2, 0.25) is 5.91 Å². The predicted molar refractivity (Wildman–Crippen MR) is 113 cm³/mol. The monoisotopic (exact) mass is 397 g/mol. The average Bonchev–Trinajstić information content (AvgIpc) is 2.71. The third kappa shape index (κ3) is 6.69. The topological polar surface area (TPSA) is 112 Å². The van der Waals surface area contributed by atoms with Crippen molar-refractivity contribution in [1.82, 2.24) is 15.6 Å². The summed E-state index contributed by atoms with van der Waals surface area (Å²) < 4.78 is 0. The van der Waals surface area contributed by atoms with Gasteiger partial charge in [-0.3, -0.25) is 9.59 Å². The fourth-order valence-corrected chi connectivity index (χ4v) is 2.99. The number of pyridine rings is 1. The lowest BCUT2D eigenvalue weighted by Crippen LogP contribution is -2.55. The Hall–Kier alpha value is -2.71. The number of hydrogen-bond donors (Lipinski definition) is 4. The van der Waals surface area contributed by atoms with Crippen molar-refractivity contribution in [2.45, 2.75) is 45.3 Å². The first-order chi connectivity index (χ1) is 13.8. The molecule has 7 nitrogen and oxygen atoms in total. The van der Waals surface area contributed by atoms with Crippen LogP contribution in [0.15, 0.2) is 48.5 Å². The summed E-state index contributed by atoms with van der Waals surface area (Å²) in [6, 6.07) is 13.3. The highest BCUT2D eigenvalue weighted by atomic mass is 16.3. The van der Waals surface area contributed by atoms with Crippen LogP contribution >= 0.6 is 0 Å². The minimum atomic E-state index is -1.16. The second-order valence-corrected chi connectivity index (χ2v) is 7.48. The maximum atomic E-state index is 12.7. The Morgan fingerprint density at radius 2 is 1.72 bits per heavy atom. The van der Waals surface area contributed by atoms with Crippen molar-refractivity contribution in [3.63, 3.8) is 0 Å². The van der Waals surface area contributed by atoms with E-state index >= 15 is 0 Å². The van der Waals surface area contributed by atoms with E-state index in [0.29, 0.717) is 12.1 Å². The number of hydrogen-bond acceptors (Lipinski definition) is 5. The number of amides is 2. The lowest BCUT2D eigenvalue weighted by atomic mass is 9.82. The highest BCUT2D eigenvalue weighted by Gasteiger charge is 2.28. The Kier molecular flexibility index (Phi) is 8.36. The zero-order chi connectivity index (χ0) is 21.4. The second-order valence-electron chi connectivity index (χ2n) is 7.48. The van der Waals surface area contributed by atoms with E-state index in [1.807, 2.05) is 44.2 Å². The van der Waals surface area contributed by atoms with Gasteiger partial charge in [-0.2, -0.15) is 0 Å². The summed E-state index contributed by atoms with van der Waals surface area (Å²) >= 11 is 0. The van der Waals surface area contributed by atoms with Crippen molar-refractivity contribution in [2.24, 2.45) is 5.92 Å². The molecule has 4 N–H and O–H groups in total. The predicted octanol–water partition coefficient (Wildman–Crippen LogP) is 1.06. The van der Waals surface area contributed by atoms with Crippen LogP contribution in [0, 0.1) is 5.92 Å². The first kappa shape index (κ1) is 22.6.